The molecule has 0 saturated carbocycles. The summed E-state index contributed by atoms with van der Waals surface area (Å²) in [6.45, 7) is 5.14. The SMILES string of the molecule is COCCN1C[C@@H](N(C)C(=O)Nc2c(C)c(-c3cnn(C)c3)nn2-c2ccccc2)[C@H](c2ccccc2)C1. The molecule has 9 nitrogen and oxygen atoms in total. The molecule has 1 aliphatic rings. The molecule has 1 fully saturated rings. The van der Waals surface area contributed by atoms with Gasteiger partial charge in [-0.2, -0.15) is 10.2 Å². The van der Waals surface area contributed by atoms with Gasteiger partial charge in [0.05, 0.1) is 24.5 Å². The Morgan fingerprint density at radius 3 is 2.47 bits per heavy atom. The summed E-state index contributed by atoms with van der Waals surface area (Å²) in [4.78, 5) is 18.0. The number of rotatable bonds is 8. The Hall–Kier alpha value is -3.95. The van der Waals surface area contributed by atoms with E-state index < -0.39 is 0 Å². The summed E-state index contributed by atoms with van der Waals surface area (Å²) >= 11 is 0. The number of amides is 2. The van der Waals surface area contributed by atoms with E-state index in [0.717, 1.165) is 42.1 Å². The number of benzene rings is 2. The van der Waals surface area contributed by atoms with Gasteiger partial charge in [-0.3, -0.25) is 14.9 Å². The zero-order valence-electron chi connectivity index (χ0n) is 22.4. The smallest absolute Gasteiger partial charge is 0.323 e. The van der Waals surface area contributed by atoms with Crippen LogP contribution in [0, 0.1) is 6.92 Å². The summed E-state index contributed by atoms with van der Waals surface area (Å²) in [5.41, 5.74) is 4.68. The molecule has 2 amide bonds. The highest BCUT2D eigenvalue weighted by molar-refractivity contribution is 5.91. The molecule has 0 bridgehead atoms. The average molecular weight is 514 g/mol. The molecule has 1 saturated heterocycles. The van der Waals surface area contributed by atoms with Gasteiger partial charge in [0.1, 0.15) is 11.5 Å². The topological polar surface area (TPSA) is 80.5 Å². The van der Waals surface area contributed by atoms with E-state index >= 15 is 0 Å². The third-order valence-electron chi connectivity index (χ3n) is 7.35. The van der Waals surface area contributed by atoms with Gasteiger partial charge < -0.3 is 9.64 Å². The highest BCUT2D eigenvalue weighted by atomic mass is 16.5. The molecule has 2 aromatic heterocycles. The van der Waals surface area contributed by atoms with Crippen molar-refractivity contribution in [3.63, 3.8) is 0 Å². The summed E-state index contributed by atoms with van der Waals surface area (Å²) in [5.74, 6) is 0.854. The monoisotopic (exact) mass is 513 g/mol. The van der Waals surface area contributed by atoms with Gasteiger partial charge in [-0.05, 0) is 24.6 Å². The third kappa shape index (κ3) is 5.20. The molecule has 198 valence electrons. The van der Waals surface area contributed by atoms with E-state index in [1.165, 1.54) is 5.56 Å². The quantitative estimate of drug-likeness (QED) is 0.383. The number of para-hydroxylation sites is 1. The highest BCUT2D eigenvalue weighted by Crippen LogP contribution is 2.33. The Balaban J connectivity index is 1.45. The summed E-state index contributed by atoms with van der Waals surface area (Å²) in [6.07, 6.45) is 3.72. The van der Waals surface area contributed by atoms with E-state index in [4.69, 9.17) is 9.84 Å². The van der Waals surface area contributed by atoms with Crippen molar-refractivity contribution in [3.8, 4) is 16.9 Å². The number of aryl methyl sites for hydroxylation is 1. The molecule has 1 N–H and O–H groups in total. The van der Waals surface area contributed by atoms with Crippen molar-refractivity contribution in [2.24, 2.45) is 7.05 Å². The van der Waals surface area contributed by atoms with Crippen molar-refractivity contribution in [2.75, 3.05) is 45.7 Å². The lowest BCUT2D eigenvalue weighted by molar-refractivity contribution is 0.155. The minimum absolute atomic E-state index is 0.0143. The van der Waals surface area contributed by atoms with Crippen LogP contribution in [0.4, 0.5) is 10.6 Å². The zero-order valence-corrected chi connectivity index (χ0v) is 22.4. The Labute approximate surface area is 223 Å². The van der Waals surface area contributed by atoms with Crippen molar-refractivity contribution in [3.05, 3.63) is 84.2 Å². The molecule has 5 rings (SSSR count). The van der Waals surface area contributed by atoms with Gasteiger partial charge in [0.2, 0.25) is 0 Å². The molecule has 1 aliphatic heterocycles. The first-order valence-electron chi connectivity index (χ1n) is 12.9. The molecule has 0 radical (unpaired) electrons. The van der Waals surface area contributed by atoms with Gasteiger partial charge in [-0.1, -0.05) is 48.5 Å². The first kappa shape index (κ1) is 25.7. The second-order valence-electron chi connectivity index (χ2n) is 9.85. The molecule has 3 heterocycles. The lowest BCUT2D eigenvalue weighted by Crippen LogP contribution is -2.44. The summed E-state index contributed by atoms with van der Waals surface area (Å²) in [5, 5.41) is 12.4. The number of methoxy groups -OCH3 is 1. The molecule has 9 heteroatoms. The molecule has 0 aliphatic carbocycles. The first-order valence-corrected chi connectivity index (χ1v) is 12.9. The van der Waals surface area contributed by atoms with E-state index in [1.54, 1.807) is 22.7 Å². The number of aromatic nitrogens is 4. The van der Waals surface area contributed by atoms with Crippen LogP contribution < -0.4 is 5.32 Å². The number of carbonyl (C=O) groups excluding carboxylic acids is 1. The van der Waals surface area contributed by atoms with Crippen LogP contribution in [0.15, 0.2) is 73.1 Å². The predicted molar refractivity (Wildman–Crippen MR) is 149 cm³/mol. The van der Waals surface area contributed by atoms with Crippen LogP contribution >= 0.6 is 0 Å². The van der Waals surface area contributed by atoms with Crippen LogP contribution in [-0.2, 0) is 11.8 Å². The predicted octanol–water partition coefficient (Wildman–Crippen LogP) is 4.16. The maximum absolute atomic E-state index is 13.8. The Morgan fingerprint density at radius 2 is 1.82 bits per heavy atom. The zero-order chi connectivity index (χ0) is 26.6. The van der Waals surface area contributed by atoms with Gasteiger partial charge >= 0.3 is 6.03 Å². The van der Waals surface area contributed by atoms with Gasteiger partial charge in [0.25, 0.3) is 0 Å². The van der Waals surface area contributed by atoms with Gasteiger partial charge in [-0.15, -0.1) is 0 Å². The van der Waals surface area contributed by atoms with Crippen molar-refractivity contribution in [1.29, 1.82) is 0 Å². The molecule has 2 aromatic carbocycles. The van der Waals surface area contributed by atoms with E-state index in [9.17, 15) is 4.79 Å². The number of nitrogens with zero attached hydrogens (tertiary/aromatic N) is 6. The van der Waals surface area contributed by atoms with Crippen molar-refractivity contribution >= 4 is 11.8 Å². The summed E-state index contributed by atoms with van der Waals surface area (Å²) < 4.78 is 8.88. The normalized spacial score (nSPS) is 17.6. The van der Waals surface area contributed by atoms with Crippen LogP contribution in [0.1, 0.15) is 17.0 Å². The van der Waals surface area contributed by atoms with E-state index in [-0.39, 0.29) is 18.0 Å². The minimum Gasteiger partial charge on any atom is -0.383 e. The van der Waals surface area contributed by atoms with Crippen molar-refractivity contribution in [1.82, 2.24) is 29.4 Å². The fourth-order valence-corrected chi connectivity index (χ4v) is 5.25. The summed E-state index contributed by atoms with van der Waals surface area (Å²) in [6, 6.07) is 20.2. The number of likely N-dealkylation sites (N-methyl/N-ethyl adjacent to an activating group) is 1. The minimum atomic E-state index is -0.164. The lowest BCUT2D eigenvalue weighted by Gasteiger charge is -2.29. The second-order valence-corrected chi connectivity index (χ2v) is 9.85. The number of urea groups is 1. The van der Waals surface area contributed by atoms with Gasteiger partial charge in [0, 0.05) is 64.1 Å². The molecule has 38 heavy (non-hydrogen) atoms. The Kier molecular flexibility index (Phi) is 7.57. The maximum atomic E-state index is 13.8. The summed E-state index contributed by atoms with van der Waals surface area (Å²) in [7, 11) is 5.49. The third-order valence-corrected chi connectivity index (χ3v) is 7.35. The average Bonchev–Trinajstić information content (AvgIpc) is 3.65. The fourth-order valence-electron chi connectivity index (χ4n) is 5.25. The van der Waals surface area contributed by atoms with E-state index in [0.29, 0.717) is 12.4 Å². The molecular weight excluding hydrogens is 478 g/mol. The highest BCUT2D eigenvalue weighted by Gasteiger charge is 2.38. The van der Waals surface area contributed by atoms with Crippen LogP contribution in [0.5, 0.6) is 0 Å². The molecule has 0 spiro atoms. The number of likely N-dealkylation sites (tertiary alicyclic amines) is 1. The Morgan fingerprint density at radius 1 is 1.11 bits per heavy atom. The van der Waals surface area contributed by atoms with Crippen molar-refractivity contribution in [2.45, 2.75) is 18.9 Å². The van der Waals surface area contributed by atoms with E-state index in [2.05, 4.69) is 39.6 Å². The van der Waals surface area contributed by atoms with Crippen LogP contribution in [0.3, 0.4) is 0 Å². The number of ether oxygens (including phenoxy) is 1. The number of anilines is 1. The van der Waals surface area contributed by atoms with E-state index in [1.807, 2.05) is 68.5 Å². The molecule has 0 unspecified atom stereocenters. The largest absolute Gasteiger partial charge is 0.383 e. The van der Waals surface area contributed by atoms with Crippen LogP contribution in [0.25, 0.3) is 16.9 Å². The number of carbonyl (C=O) groups is 1. The standard InChI is InChI=1S/C29H35N7O2/c1-21-27(23-17-30-33(2)18-23)32-36(24-13-9-6-10-14-24)28(21)31-29(37)34(3)26-20-35(15-16-38-4)19-25(26)22-11-7-5-8-12-22/h5-14,17-18,25-26H,15-16,19-20H2,1-4H3,(H,31,37)/t25-,26+/m0/s1. The van der Waals surface area contributed by atoms with Crippen LogP contribution in [0.2, 0.25) is 0 Å². The Bertz CT molecular complexity index is 1370. The second kappa shape index (κ2) is 11.2. The number of nitrogens with one attached hydrogen (secondary N) is 1. The number of hydrogen-bond acceptors (Lipinski definition) is 5. The lowest BCUT2D eigenvalue weighted by atomic mass is 9.93. The van der Waals surface area contributed by atoms with Crippen molar-refractivity contribution < 1.29 is 9.53 Å². The molecule has 2 atom stereocenters. The van der Waals surface area contributed by atoms with Crippen LogP contribution in [-0.4, -0.2) is 81.8 Å². The van der Waals surface area contributed by atoms with Gasteiger partial charge in [0.15, 0.2) is 0 Å². The molecule has 4 aromatic rings. The molecular formula is C29H35N7O2. The fraction of sp³-hybridized carbons (Fsp3) is 0.345. The van der Waals surface area contributed by atoms with Gasteiger partial charge in [-0.25, -0.2) is 9.48 Å². The maximum Gasteiger partial charge on any atom is 0.323 e. The first-order chi connectivity index (χ1) is 18.5. The number of hydrogen-bond donors (Lipinski definition) is 1.